The molecular formula is C16H20N2O2. The van der Waals surface area contributed by atoms with E-state index >= 15 is 0 Å². The summed E-state index contributed by atoms with van der Waals surface area (Å²) in [5.74, 6) is 0.126. The van der Waals surface area contributed by atoms with Crippen molar-refractivity contribution in [2.45, 2.75) is 56.5 Å². The molecule has 0 aliphatic carbocycles. The predicted molar refractivity (Wildman–Crippen MR) is 75.2 cm³/mol. The molecule has 4 heteroatoms. The van der Waals surface area contributed by atoms with Gasteiger partial charge in [0.05, 0.1) is 24.3 Å². The second kappa shape index (κ2) is 4.86. The Morgan fingerprint density at radius 2 is 2.10 bits per heavy atom. The van der Waals surface area contributed by atoms with Gasteiger partial charge in [-0.15, -0.1) is 0 Å². The Morgan fingerprint density at radius 1 is 1.25 bits per heavy atom. The fraction of sp³-hybridized carbons (Fsp3) is 0.562. The highest BCUT2D eigenvalue weighted by Crippen LogP contribution is 2.34. The zero-order valence-electron chi connectivity index (χ0n) is 11.5. The van der Waals surface area contributed by atoms with Crippen LogP contribution in [0.3, 0.4) is 0 Å². The molecule has 3 unspecified atom stereocenters. The zero-order valence-corrected chi connectivity index (χ0v) is 11.5. The molecule has 20 heavy (non-hydrogen) atoms. The van der Waals surface area contributed by atoms with E-state index < -0.39 is 0 Å². The van der Waals surface area contributed by atoms with Crippen molar-refractivity contribution in [2.75, 3.05) is 0 Å². The van der Waals surface area contributed by atoms with Crippen LogP contribution in [0.5, 0.6) is 0 Å². The third-order valence-electron chi connectivity index (χ3n) is 4.83. The minimum absolute atomic E-state index is 0.107. The summed E-state index contributed by atoms with van der Waals surface area (Å²) in [6.45, 7) is 0.779. The molecule has 2 bridgehead atoms. The summed E-state index contributed by atoms with van der Waals surface area (Å²) < 4.78 is 5.79. The maximum Gasteiger partial charge on any atom is 0.237 e. The SMILES string of the molecule is O=C(NC1CC2CCC1O2)[C@H]1Cc2ccccc2CN1. The smallest absolute Gasteiger partial charge is 0.237 e. The van der Waals surface area contributed by atoms with Gasteiger partial charge in [-0.05, 0) is 36.8 Å². The van der Waals surface area contributed by atoms with E-state index in [1.807, 2.05) is 12.1 Å². The summed E-state index contributed by atoms with van der Waals surface area (Å²) in [4.78, 5) is 12.4. The molecule has 3 aliphatic rings. The fourth-order valence-electron chi connectivity index (χ4n) is 3.71. The highest BCUT2D eigenvalue weighted by molar-refractivity contribution is 5.82. The molecule has 0 spiro atoms. The van der Waals surface area contributed by atoms with Crippen LogP contribution in [0.2, 0.25) is 0 Å². The lowest BCUT2D eigenvalue weighted by atomic mass is 9.93. The molecule has 4 atom stereocenters. The van der Waals surface area contributed by atoms with Gasteiger partial charge in [-0.1, -0.05) is 24.3 Å². The summed E-state index contributed by atoms with van der Waals surface area (Å²) in [5, 5.41) is 6.52. The Bertz CT molecular complexity index is 531. The maximum absolute atomic E-state index is 12.4. The van der Waals surface area contributed by atoms with Crippen molar-refractivity contribution in [1.29, 1.82) is 0 Å². The van der Waals surface area contributed by atoms with E-state index in [0.29, 0.717) is 6.10 Å². The molecule has 4 rings (SSSR count). The lowest BCUT2D eigenvalue weighted by Crippen LogP contribution is -2.52. The van der Waals surface area contributed by atoms with E-state index in [4.69, 9.17) is 4.74 Å². The van der Waals surface area contributed by atoms with Crippen LogP contribution in [0.15, 0.2) is 24.3 Å². The van der Waals surface area contributed by atoms with E-state index in [0.717, 1.165) is 32.2 Å². The number of hydrogen-bond donors (Lipinski definition) is 2. The first-order valence-electron chi connectivity index (χ1n) is 7.55. The van der Waals surface area contributed by atoms with E-state index in [2.05, 4.69) is 22.8 Å². The predicted octanol–water partition coefficient (Wildman–Crippen LogP) is 1.14. The normalized spacial score (nSPS) is 34.8. The number of nitrogens with one attached hydrogen (secondary N) is 2. The van der Waals surface area contributed by atoms with E-state index in [9.17, 15) is 4.79 Å². The monoisotopic (exact) mass is 272 g/mol. The zero-order chi connectivity index (χ0) is 13.5. The lowest BCUT2D eigenvalue weighted by Gasteiger charge is -2.28. The van der Waals surface area contributed by atoms with Gasteiger partial charge < -0.3 is 15.4 Å². The van der Waals surface area contributed by atoms with Gasteiger partial charge in [0.25, 0.3) is 0 Å². The molecule has 1 aromatic rings. The van der Waals surface area contributed by atoms with Crippen LogP contribution in [0.4, 0.5) is 0 Å². The van der Waals surface area contributed by atoms with Gasteiger partial charge in [0, 0.05) is 6.54 Å². The van der Waals surface area contributed by atoms with Crippen molar-refractivity contribution >= 4 is 5.91 Å². The Morgan fingerprint density at radius 3 is 2.85 bits per heavy atom. The molecular weight excluding hydrogens is 252 g/mol. The van der Waals surface area contributed by atoms with Gasteiger partial charge in [0.1, 0.15) is 0 Å². The van der Waals surface area contributed by atoms with Crippen molar-refractivity contribution in [3.63, 3.8) is 0 Å². The number of ether oxygens (including phenoxy) is 1. The second-order valence-corrected chi connectivity index (χ2v) is 6.13. The molecule has 3 heterocycles. The van der Waals surface area contributed by atoms with E-state index in [-0.39, 0.29) is 24.1 Å². The van der Waals surface area contributed by atoms with Gasteiger partial charge >= 0.3 is 0 Å². The van der Waals surface area contributed by atoms with Gasteiger partial charge in [-0.25, -0.2) is 0 Å². The first-order valence-corrected chi connectivity index (χ1v) is 7.55. The molecule has 4 nitrogen and oxygen atoms in total. The Labute approximate surface area is 118 Å². The van der Waals surface area contributed by atoms with Gasteiger partial charge in [0.2, 0.25) is 5.91 Å². The van der Waals surface area contributed by atoms with Gasteiger partial charge in [-0.2, -0.15) is 0 Å². The minimum atomic E-state index is -0.107. The number of carbonyl (C=O) groups is 1. The average molecular weight is 272 g/mol. The molecule has 0 saturated carbocycles. The number of fused-ring (bicyclic) bond motifs is 3. The van der Waals surface area contributed by atoms with Crippen molar-refractivity contribution in [1.82, 2.24) is 10.6 Å². The summed E-state index contributed by atoms with van der Waals surface area (Å²) >= 11 is 0. The van der Waals surface area contributed by atoms with Crippen molar-refractivity contribution in [3.8, 4) is 0 Å². The van der Waals surface area contributed by atoms with Crippen LogP contribution in [0, 0.1) is 0 Å². The highest BCUT2D eigenvalue weighted by atomic mass is 16.5. The Kier molecular flexibility index (Phi) is 3.00. The molecule has 0 radical (unpaired) electrons. The minimum Gasteiger partial charge on any atom is -0.373 e. The quantitative estimate of drug-likeness (QED) is 0.849. The number of benzene rings is 1. The van der Waals surface area contributed by atoms with Crippen LogP contribution < -0.4 is 10.6 Å². The largest absolute Gasteiger partial charge is 0.373 e. The second-order valence-electron chi connectivity index (χ2n) is 6.13. The molecule has 2 saturated heterocycles. The third kappa shape index (κ3) is 2.13. The number of amides is 1. The number of rotatable bonds is 2. The summed E-state index contributed by atoms with van der Waals surface area (Å²) in [7, 11) is 0. The summed E-state index contributed by atoms with van der Waals surface area (Å²) in [5.41, 5.74) is 2.59. The van der Waals surface area contributed by atoms with Crippen LogP contribution in [0.1, 0.15) is 30.4 Å². The highest BCUT2D eigenvalue weighted by Gasteiger charge is 2.42. The van der Waals surface area contributed by atoms with Gasteiger partial charge in [0.15, 0.2) is 0 Å². The van der Waals surface area contributed by atoms with Crippen LogP contribution in [-0.4, -0.2) is 30.2 Å². The first kappa shape index (κ1) is 12.4. The van der Waals surface area contributed by atoms with Crippen LogP contribution in [-0.2, 0) is 22.5 Å². The van der Waals surface area contributed by atoms with Crippen molar-refractivity contribution in [2.24, 2.45) is 0 Å². The molecule has 3 aliphatic heterocycles. The molecule has 2 fully saturated rings. The van der Waals surface area contributed by atoms with E-state index in [1.54, 1.807) is 0 Å². The van der Waals surface area contributed by atoms with E-state index in [1.165, 1.54) is 11.1 Å². The van der Waals surface area contributed by atoms with Crippen molar-refractivity contribution in [3.05, 3.63) is 35.4 Å². The fourth-order valence-corrected chi connectivity index (χ4v) is 3.71. The maximum atomic E-state index is 12.4. The molecule has 1 amide bonds. The molecule has 106 valence electrons. The standard InChI is InChI=1S/C16H20N2O2/c19-16(18-13-8-12-5-6-15(13)20-12)14-7-10-3-1-2-4-11(10)9-17-14/h1-4,12-15,17H,5-9H2,(H,18,19)/t12?,13?,14-,15?/m1/s1. The topological polar surface area (TPSA) is 50.4 Å². The lowest BCUT2D eigenvalue weighted by molar-refractivity contribution is -0.124. The number of carbonyl (C=O) groups excluding carboxylic acids is 1. The van der Waals surface area contributed by atoms with Crippen LogP contribution in [0.25, 0.3) is 0 Å². The molecule has 0 aromatic heterocycles. The Hall–Kier alpha value is -1.39. The van der Waals surface area contributed by atoms with Crippen molar-refractivity contribution < 1.29 is 9.53 Å². The molecule has 1 aromatic carbocycles. The average Bonchev–Trinajstić information content (AvgIpc) is 3.09. The summed E-state index contributed by atoms with van der Waals surface area (Å²) in [6, 6.07) is 8.46. The summed E-state index contributed by atoms with van der Waals surface area (Å²) in [6.07, 6.45) is 4.65. The van der Waals surface area contributed by atoms with Gasteiger partial charge in [-0.3, -0.25) is 4.79 Å². The third-order valence-corrected chi connectivity index (χ3v) is 4.83. The molecule has 2 N–H and O–H groups in total. The Balaban J connectivity index is 1.40. The number of hydrogen-bond acceptors (Lipinski definition) is 3. The first-order chi connectivity index (χ1) is 9.79. The van der Waals surface area contributed by atoms with Crippen LogP contribution >= 0.6 is 0 Å².